The summed E-state index contributed by atoms with van der Waals surface area (Å²) in [6, 6.07) is 16.8. The average Bonchev–Trinajstić information content (AvgIpc) is 3.02. The Morgan fingerprint density at radius 3 is 2.70 bits per heavy atom. The van der Waals surface area contributed by atoms with Crippen molar-refractivity contribution in [3.8, 4) is 11.4 Å². The number of para-hydroxylation sites is 1. The van der Waals surface area contributed by atoms with Crippen LogP contribution in [0.5, 0.6) is 5.75 Å². The molecule has 5 nitrogen and oxygen atoms in total. The van der Waals surface area contributed by atoms with Crippen LogP contribution in [0.2, 0.25) is 10.0 Å². The zero-order valence-corrected chi connectivity index (χ0v) is 16.0. The van der Waals surface area contributed by atoms with E-state index in [1.165, 1.54) is 0 Å². The standard InChI is InChI=1S/C20H17Cl2N3O2/c1-14-9-15(12-25(14)17-5-3-2-4-6-17)11-23-24-20(26)13-27-19-8-7-16(21)10-18(19)22/h2-12H,13H2,1H3,(H,24,26)/b23-11+. The van der Waals surface area contributed by atoms with E-state index in [1.54, 1.807) is 24.4 Å². The molecule has 0 fully saturated rings. The maximum absolute atomic E-state index is 11.9. The fourth-order valence-corrected chi connectivity index (χ4v) is 2.95. The van der Waals surface area contributed by atoms with Crippen LogP contribution in [-0.4, -0.2) is 23.3 Å². The minimum Gasteiger partial charge on any atom is -0.482 e. The van der Waals surface area contributed by atoms with Crippen LogP contribution in [0.3, 0.4) is 0 Å². The summed E-state index contributed by atoms with van der Waals surface area (Å²) in [6.45, 7) is 1.80. The van der Waals surface area contributed by atoms with E-state index in [9.17, 15) is 4.79 Å². The smallest absolute Gasteiger partial charge is 0.277 e. The minimum absolute atomic E-state index is 0.206. The maximum Gasteiger partial charge on any atom is 0.277 e. The molecule has 3 aromatic rings. The van der Waals surface area contributed by atoms with Crippen LogP contribution in [0.1, 0.15) is 11.3 Å². The molecule has 0 bridgehead atoms. The third-order valence-electron chi connectivity index (χ3n) is 3.72. The van der Waals surface area contributed by atoms with Gasteiger partial charge < -0.3 is 9.30 Å². The Labute approximate surface area is 167 Å². The van der Waals surface area contributed by atoms with Crippen molar-refractivity contribution >= 4 is 35.3 Å². The second kappa shape index (κ2) is 8.75. The number of aryl methyl sites for hydroxylation is 1. The Hall–Kier alpha value is -2.76. The largest absolute Gasteiger partial charge is 0.482 e. The van der Waals surface area contributed by atoms with Crippen LogP contribution in [0.15, 0.2) is 65.9 Å². The Kier molecular flexibility index (Phi) is 6.16. The van der Waals surface area contributed by atoms with Crippen LogP contribution in [0, 0.1) is 6.92 Å². The number of hydrogen-bond donors (Lipinski definition) is 1. The number of halogens is 2. The first kappa shape index (κ1) is 19.0. The molecule has 3 rings (SSSR count). The summed E-state index contributed by atoms with van der Waals surface area (Å²) in [5.41, 5.74) is 5.43. The highest BCUT2D eigenvalue weighted by molar-refractivity contribution is 6.35. The van der Waals surface area contributed by atoms with E-state index in [-0.39, 0.29) is 6.61 Å². The lowest BCUT2D eigenvalue weighted by molar-refractivity contribution is -0.123. The zero-order chi connectivity index (χ0) is 19.2. The van der Waals surface area contributed by atoms with Crippen LogP contribution in [0.4, 0.5) is 0 Å². The molecule has 7 heteroatoms. The quantitative estimate of drug-likeness (QED) is 0.483. The average molecular weight is 402 g/mol. The lowest BCUT2D eigenvalue weighted by atomic mass is 10.3. The predicted molar refractivity (Wildman–Crippen MR) is 108 cm³/mol. The van der Waals surface area contributed by atoms with Gasteiger partial charge in [0.15, 0.2) is 6.61 Å². The van der Waals surface area contributed by atoms with E-state index in [2.05, 4.69) is 15.1 Å². The number of hydrazone groups is 1. The van der Waals surface area contributed by atoms with Crippen molar-refractivity contribution in [2.45, 2.75) is 6.92 Å². The van der Waals surface area contributed by atoms with Crippen molar-refractivity contribution < 1.29 is 9.53 Å². The first-order chi connectivity index (χ1) is 13.0. The van der Waals surface area contributed by atoms with Crippen molar-refractivity contribution in [1.29, 1.82) is 0 Å². The molecule has 0 aliphatic heterocycles. The molecule has 138 valence electrons. The SMILES string of the molecule is Cc1cc(/C=N/NC(=O)COc2ccc(Cl)cc2Cl)cn1-c1ccccc1. The number of carbonyl (C=O) groups is 1. The van der Waals surface area contributed by atoms with Gasteiger partial charge in [-0.05, 0) is 43.3 Å². The normalized spacial score (nSPS) is 10.9. The van der Waals surface area contributed by atoms with Crippen molar-refractivity contribution in [3.63, 3.8) is 0 Å². The number of nitrogens with one attached hydrogen (secondary N) is 1. The van der Waals surface area contributed by atoms with Crippen molar-refractivity contribution in [2.75, 3.05) is 6.61 Å². The molecule has 0 aliphatic carbocycles. The summed E-state index contributed by atoms with van der Waals surface area (Å²) >= 11 is 11.8. The maximum atomic E-state index is 11.9. The van der Waals surface area contributed by atoms with Gasteiger partial charge in [0.1, 0.15) is 5.75 Å². The van der Waals surface area contributed by atoms with E-state index in [0.717, 1.165) is 16.9 Å². The molecule has 0 spiro atoms. The molecule has 2 aromatic carbocycles. The lowest BCUT2D eigenvalue weighted by Gasteiger charge is -2.06. The fourth-order valence-electron chi connectivity index (χ4n) is 2.48. The van der Waals surface area contributed by atoms with Crippen LogP contribution in [0.25, 0.3) is 5.69 Å². The fraction of sp³-hybridized carbons (Fsp3) is 0.100. The van der Waals surface area contributed by atoms with Crippen molar-refractivity contribution in [1.82, 2.24) is 9.99 Å². The van der Waals surface area contributed by atoms with E-state index in [1.807, 2.05) is 49.5 Å². The number of ether oxygens (including phenoxy) is 1. The summed E-state index contributed by atoms with van der Waals surface area (Å²) in [5.74, 6) is -0.00719. The van der Waals surface area contributed by atoms with Gasteiger partial charge in [-0.2, -0.15) is 5.10 Å². The Balaban J connectivity index is 1.55. The summed E-state index contributed by atoms with van der Waals surface area (Å²) in [6.07, 6.45) is 3.53. The molecule has 0 radical (unpaired) electrons. The summed E-state index contributed by atoms with van der Waals surface area (Å²) < 4.78 is 7.41. The molecule has 1 N–H and O–H groups in total. The molecule has 0 aliphatic rings. The highest BCUT2D eigenvalue weighted by atomic mass is 35.5. The number of rotatable bonds is 6. The van der Waals surface area contributed by atoms with Gasteiger partial charge in [0.05, 0.1) is 11.2 Å². The van der Waals surface area contributed by atoms with E-state index >= 15 is 0 Å². The van der Waals surface area contributed by atoms with Crippen molar-refractivity contribution in [2.24, 2.45) is 5.10 Å². The van der Waals surface area contributed by atoms with E-state index in [0.29, 0.717) is 15.8 Å². The second-order valence-corrected chi connectivity index (χ2v) is 6.62. The number of benzene rings is 2. The van der Waals surface area contributed by atoms with E-state index in [4.69, 9.17) is 27.9 Å². The predicted octanol–water partition coefficient (Wildman–Crippen LogP) is 4.62. The van der Waals surface area contributed by atoms with Gasteiger partial charge in [-0.3, -0.25) is 4.79 Å². The van der Waals surface area contributed by atoms with E-state index < -0.39 is 5.91 Å². The molecular weight excluding hydrogens is 385 g/mol. The third kappa shape index (κ3) is 5.12. The minimum atomic E-state index is -0.392. The lowest BCUT2D eigenvalue weighted by Crippen LogP contribution is -2.24. The second-order valence-electron chi connectivity index (χ2n) is 5.78. The van der Waals surface area contributed by atoms with Gasteiger partial charge in [-0.15, -0.1) is 0 Å². The van der Waals surface area contributed by atoms with Gasteiger partial charge >= 0.3 is 0 Å². The van der Waals surface area contributed by atoms with Gasteiger partial charge in [-0.25, -0.2) is 5.43 Å². The molecule has 1 amide bonds. The molecule has 1 aromatic heterocycles. The summed E-state index contributed by atoms with van der Waals surface area (Å²) in [7, 11) is 0. The monoisotopic (exact) mass is 401 g/mol. The van der Waals surface area contributed by atoms with Crippen molar-refractivity contribution in [3.05, 3.63) is 82.1 Å². The number of aromatic nitrogens is 1. The van der Waals surface area contributed by atoms with Gasteiger partial charge in [-0.1, -0.05) is 41.4 Å². The first-order valence-electron chi connectivity index (χ1n) is 8.17. The molecule has 0 unspecified atom stereocenters. The molecule has 27 heavy (non-hydrogen) atoms. The molecule has 1 heterocycles. The summed E-state index contributed by atoms with van der Waals surface area (Å²) in [4.78, 5) is 11.9. The Morgan fingerprint density at radius 2 is 1.96 bits per heavy atom. The molecule has 0 saturated carbocycles. The summed E-state index contributed by atoms with van der Waals surface area (Å²) in [5, 5.41) is 4.81. The molecule has 0 saturated heterocycles. The Morgan fingerprint density at radius 1 is 1.19 bits per heavy atom. The number of carbonyl (C=O) groups excluding carboxylic acids is 1. The molecule has 0 atom stereocenters. The third-order valence-corrected chi connectivity index (χ3v) is 4.25. The van der Waals surface area contributed by atoms with Gasteiger partial charge in [0.2, 0.25) is 0 Å². The van der Waals surface area contributed by atoms with Crippen LogP contribution < -0.4 is 10.2 Å². The van der Waals surface area contributed by atoms with Crippen LogP contribution in [-0.2, 0) is 4.79 Å². The Bertz CT molecular complexity index is 969. The number of amides is 1. The van der Waals surface area contributed by atoms with Crippen LogP contribution >= 0.6 is 23.2 Å². The topological polar surface area (TPSA) is 55.6 Å². The highest BCUT2D eigenvalue weighted by Crippen LogP contribution is 2.27. The first-order valence-corrected chi connectivity index (χ1v) is 8.93. The zero-order valence-electron chi connectivity index (χ0n) is 14.5. The molecular formula is C20H17Cl2N3O2. The van der Waals surface area contributed by atoms with Gasteiger partial charge in [0, 0.05) is 28.2 Å². The number of nitrogens with zero attached hydrogens (tertiary/aromatic N) is 2. The number of hydrogen-bond acceptors (Lipinski definition) is 3. The van der Waals surface area contributed by atoms with Gasteiger partial charge in [0.25, 0.3) is 5.91 Å². The highest BCUT2D eigenvalue weighted by Gasteiger charge is 2.06.